The first-order valence-electron chi connectivity index (χ1n) is 6.47. The van der Waals surface area contributed by atoms with E-state index in [1.807, 2.05) is 0 Å². The molecule has 2 aromatic rings. The molecule has 0 saturated heterocycles. The number of rotatable bonds is 4. The molecule has 0 atom stereocenters. The van der Waals surface area contributed by atoms with Crippen molar-refractivity contribution in [2.24, 2.45) is 7.05 Å². The number of halogens is 2. The zero-order valence-corrected chi connectivity index (χ0v) is 12.0. The van der Waals surface area contributed by atoms with Gasteiger partial charge in [-0.2, -0.15) is 5.10 Å². The van der Waals surface area contributed by atoms with E-state index in [-0.39, 0.29) is 11.3 Å². The molecule has 1 aromatic carbocycles. The lowest BCUT2D eigenvalue weighted by molar-refractivity contribution is 0.102. The molecule has 0 radical (unpaired) electrons. The number of hydrogen-bond donors (Lipinski definition) is 2. The highest BCUT2D eigenvalue weighted by Crippen LogP contribution is 2.21. The molecule has 1 amide bonds. The molecule has 2 N–H and O–H groups in total. The molecule has 0 aliphatic carbocycles. The molecule has 0 fully saturated rings. The molecule has 5 nitrogen and oxygen atoms in total. The Morgan fingerprint density at radius 3 is 2.38 bits per heavy atom. The number of aryl methyl sites for hydroxylation is 2. The Labute approximate surface area is 121 Å². The van der Waals surface area contributed by atoms with Gasteiger partial charge in [0.25, 0.3) is 5.91 Å². The molecule has 0 aliphatic rings. The number of benzene rings is 1. The Kier molecular flexibility index (Phi) is 4.21. The standard InChI is InChI=1S/C14H16F2N4O/c1-4-17-13-10(15)6-9(7-11(13)16)14(21)18-12-5-8(2)19-20(12)3/h5-7,17H,4H2,1-3H3,(H,18,21). The lowest BCUT2D eigenvalue weighted by atomic mass is 10.1. The summed E-state index contributed by atoms with van der Waals surface area (Å²) in [5, 5.41) is 9.21. The maximum absolute atomic E-state index is 13.8. The highest BCUT2D eigenvalue weighted by Gasteiger charge is 2.16. The van der Waals surface area contributed by atoms with Crippen molar-refractivity contribution in [2.45, 2.75) is 13.8 Å². The van der Waals surface area contributed by atoms with Crippen LogP contribution >= 0.6 is 0 Å². The van der Waals surface area contributed by atoms with Crippen LogP contribution in [-0.2, 0) is 7.05 Å². The van der Waals surface area contributed by atoms with Crippen LogP contribution in [0.4, 0.5) is 20.3 Å². The minimum absolute atomic E-state index is 0.0921. The maximum Gasteiger partial charge on any atom is 0.257 e. The molecular formula is C14H16F2N4O. The molecule has 7 heteroatoms. The summed E-state index contributed by atoms with van der Waals surface area (Å²) in [7, 11) is 1.66. The van der Waals surface area contributed by atoms with Crippen LogP contribution in [0.1, 0.15) is 23.0 Å². The molecule has 0 saturated carbocycles. The summed E-state index contributed by atoms with van der Waals surface area (Å²) < 4.78 is 29.0. The van der Waals surface area contributed by atoms with Crippen molar-refractivity contribution >= 4 is 17.4 Å². The van der Waals surface area contributed by atoms with E-state index in [9.17, 15) is 13.6 Å². The molecule has 0 unspecified atom stereocenters. The van der Waals surface area contributed by atoms with E-state index in [0.717, 1.165) is 17.8 Å². The molecule has 1 heterocycles. The zero-order chi connectivity index (χ0) is 15.6. The van der Waals surface area contributed by atoms with Crippen molar-refractivity contribution < 1.29 is 13.6 Å². The Bertz CT molecular complexity index is 659. The first-order chi connectivity index (χ1) is 9.92. The number of amides is 1. The summed E-state index contributed by atoms with van der Waals surface area (Å²) >= 11 is 0. The Morgan fingerprint density at radius 1 is 1.29 bits per heavy atom. The van der Waals surface area contributed by atoms with Gasteiger partial charge in [-0.3, -0.25) is 9.48 Å². The predicted molar refractivity (Wildman–Crippen MR) is 76.4 cm³/mol. The summed E-state index contributed by atoms with van der Waals surface area (Å²) in [6.07, 6.45) is 0. The van der Waals surface area contributed by atoms with Gasteiger partial charge in [0.15, 0.2) is 0 Å². The fourth-order valence-corrected chi connectivity index (χ4v) is 1.97. The van der Waals surface area contributed by atoms with Crippen LogP contribution in [-0.4, -0.2) is 22.2 Å². The van der Waals surface area contributed by atoms with Gasteiger partial charge < -0.3 is 10.6 Å². The minimum Gasteiger partial charge on any atom is -0.381 e. The van der Waals surface area contributed by atoms with Gasteiger partial charge in [0, 0.05) is 25.2 Å². The van der Waals surface area contributed by atoms with Gasteiger partial charge in [0.1, 0.15) is 23.1 Å². The molecule has 0 spiro atoms. The molecular weight excluding hydrogens is 278 g/mol. The number of hydrogen-bond acceptors (Lipinski definition) is 3. The van der Waals surface area contributed by atoms with Crippen molar-refractivity contribution in [3.63, 3.8) is 0 Å². The molecule has 2 rings (SSSR count). The van der Waals surface area contributed by atoms with Gasteiger partial charge in [-0.25, -0.2) is 8.78 Å². The van der Waals surface area contributed by atoms with Gasteiger partial charge in [0.05, 0.1) is 5.69 Å². The van der Waals surface area contributed by atoms with Crippen LogP contribution in [0.2, 0.25) is 0 Å². The van der Waals surface area contributed by atoms with Crippen molar-refractivity contribution in [1.82, 2.24) is 9.78 Å². The van der Waals surface area contributed by atoms with Gasteiger partial charge in [0.2, 0.25) is 0 Å². The third kappa shape index (κ3) is 3.18. The number of aromatic nitrogens is 2. The molecule has 0 aliphatic heterocycles. The first-order valence-corrected chi connectivity index (χ1v) is 6.47. The fourth-order valence-electron chi connectivity index (χ4n) is 1.97. The summed E-state index contributed by atoms with van der Waals surface area (Å²) in [5.41, 5.74) is 0.406. The van der Waals surface area contributed by atoms with Crippen LogP contribution in [0.25, 0.3) is 0 Å². The van der Waals surface area contributed by atoms with Gasteiger partial charge in [-0.15, -0.1) is 0 Å². The van der Waals surface area contributed by atoms with Crippen LogP contribution in [0.15, 0.2) is 18.2 Å². The number of anilines is 2. The minimum atomic E-state index is -0.803. The summed E-state index contributed by atoms with van der Waals surface area (Å²) in [5.74, 6) is -1.75. The number of nitrogens with one attached hydrogen (secondary N) is 2. The molecule has 1 aromatic heterocycles. The van der Waals surface area contributed by atoms with Crippen LogP contribution < -0.4 is 10.6 Å². The zero-order valence-electron chi connectivity index (χ0n) is 12.0. The lowest BCUT2D eigenvalue weighted by Crippen LogP contribution is -2.15. The number of carbonyl (C=O) groups excluding carboxylic acids is 1. The quantitative estimate of drug-likeness (QED) is 0.911. The second-order valence-electron chi connectivity index (χ2n) is 4.59. The van der Waals surface area contributed by atoms with Crippen molar-refractivity contribution in [1.29, 1.82) is 0 Å². The predicted octanol–water partition coefficient (Wildman–Crippen LogP) is 2.69. The van der Waals surface area contributed by atoms with E-state index in [1.165, 1.54) is 4.68 Å². The van der Waals surface area contributed by atoms with E-state index in [0.29, 0.717) is 12.4 Å². The second kappa shape index (κ2) is 5.90. The summed E-state index contributed by atoms with van der Waals surface area (Å²) in [6.45, 7) is 3.89. The maximum atomic E-state index is 13.8. The fraction of sp³-hybridized carbons (Fsp3) is 0.286. The molecule has 21 heavy (non-hydrogen) atoms. The molecule has 112 valence electrons. The van der Waals surface area contributed by atoms with Crippen LogP contribution in [0.3, 0.4) is 0 Å². The van der Waals surface area contributed by atoms with Gasteiger partial charge in [-0.1, -0.05) is 0 Å². The highest BCUT2D eigenvalue weighted by molar-refractivity contribution is 6.04. The number of nitrogens with zero attached hydrogens (tertiary/aromatic N) is 2. The van der Waals surface area contributed by atoms with Crippen LogP contribution in [0, 0.1) is 18.6 Å². The third-order valence-electron chi connectivity index (χ3n) is 2.90. The van der Waals surface area contributed by atoms with E-state index >= 15 is 0 Å². The van der Waals surface area contributed by atoms with E-state index < -0.39 is 17.5 Å². The smallest absolute Gasteiger partial charge is 0.257 e. The Hall–Kier alpha value is -2.44. The van der Waals surface area contributed by atoms with Crippen molar-refractivity contribution in [2.75, 3.05) is 17.2 Å². The Balaban J connectivity index is 2.26. The summed E-state index contributed by atoms with van der Waals surface area (Å²) in [4.78, 5) is 12.0. The first kappa shape index (κ1) is 15.0. The third-order valence-corrected chi connectivity index (χ3v) is 2.90. The van der Waals surface area contributed by atoms with Crippen molar-refractivity contribution in [3.8, 4) is 0 Å². The Morgan fingerprint density at radius 2 is 1.90 bits per heavy atom. The van der Waals surface area contributed by atoms with Gasteiger partial charge >= 0.3 is 0 Å². The monoisotopic (exact) mass is 294 g/mol. The van der Waals surface area contributed by atoms with E-state index in [4.69, 9.17) is 0 Å². The molecule has 0 bridgehead atoms. The normalized spacial score (nSPS) is 10.5. The van der Waals surface area contributed by atoms with E-state index in [1.54, 1.807) is 27.0 Å². The SMILES string of the molecule is CCNc1c(F)cc(C(=O)Nc2cc(C)nn2C)cc1F. The highest BCUT2D eigenvalue weighted by atomic mass is 19.1. The topological polar surface area (TPSA) is 59.0 Å². The summed E-state index contributed by atoms with van der Waals surface area (Å²) in [6, 6.07) is 3.66. The second-order valence-corrected chi connectivity index (χ2v) is 4.59. The van der Waals surface area contributed by atoms with Gasteiger partial charge in [-0.05, 0) is 26.0 Å². The number of carbonyl (C=O) groups is 1. The average Bonchev–Trinajstić information content (AvgIpc) is 2.72. The largest absolute Gasteiger partial charge is 0.381 e. The lowest BCUT2D eigenvalue weighted by Gasteiger charge is -2.09. The van der Waals surface area contributed by atoms with Crippen molar-refractivity contribution in [3.05, 3.63) is 41.1 Å². The average molecular weight is 294 g/mol. The van der Waals surface area contributed by atoms with E-state index in [2.05, 4.69) is 15.7 Å². The van der Waals surface area contributed by atoms with Crippen LogP contribution in [0.5, 0.6) is 0 Å².